The Balaban J connectivity index is 1.50. The molecule has 1 amide bonds. The van der Waals surface area contributed by atoms with Gasteiger partial charge in [0.1, 0.15) is 12.4 Å². The van der Waals surface area contributed by atoms with Crippen molar-refractivity contribution in [3.05, 3.63) is 54.4 Å². The first-order chi connectivity index (χ1) is 13.2. The number of fused-ring (bicyclic) bond motifs is 2. The van der Waals surface area contributed by atoms with Gasteiger partial charge in [-0.3, -0.25) is 4.79 Å². The fourth-order valence-electron chi connectivity index (χ4n) is 3.06. The van der Waals surface area contributed by atoms with E-state index in [1.807, 2.05) is 48.7 Å². The zero-order valence-electron chi connectivity index (χ0n) is 15.0. The first-order valence-corrected chi connectivity index (χ1v) is 10.3. The van der Waals surface area contributed by atoms with E-state index in [-0.39, 0.29) is 18.6 Å². The fourth-order valence-corrected chi connectivity index (χ4v) is 3.54. The second-order valence-electron chi connectivity index (χ2n) is 6.35. The molecule has 1 aliphatic rings. The average molecular weight is 383 g/mol. The van der Waals surface area contributed by atoms with Crippen molar-refractivity contribution < 1.29 is 14.3 Å². The Morgan fingerprint density at radius 2 is 2.04 bits per heavy atom. The number of benzene rings is 2. The summed E-state index contributed by atoms with van der Waals surface area (Å²) in [6.07, 6.45) is 2.14. The second kappa shape index (κ2) is 7.92. The molecule has 1 aromatic heterocycles. The van der Waals surface area contributed by atoms with Gasteiger partial charge in [-0.25, -0.2) is 4.98 Å². The maximum Gasteiger partial charge on any atom is 0.265 e. The lowest BCUT2D eigenvalue weighted by Crippen LogP contribution is -2.45. The minimum absolute atomic E-state index is 0.193. The van der Waals surface area contributed by atoms with Crippen LogP contribution in [-0.2, 0) is 4.79 Å². The Morgan fingerprint density at radius 3 is 2.85 bits per heavy atom. The molecule has 0 radical (unpaired) electrons. The number of H-pyrrole nitrogens is 1. The van der Waals surface area contributed by atoms with Crippen molar-refractivity contribution in [2.24, 2.45) is 0 Å². The predicted molar refractivity (Wildman–Crippen MR) is 106 cm³/mol. The second-order valence-corrected chi connectivity index (χ2v) is 7.33. The molecule has 0 aliphatic carbocycles. The van der Waals surface area contributed by atoms with Crippen molar-refractivity contribution in [2.75, 3.05) is 18.6 Å². The maximum absolute atomic E-state index is 12.8. The van der Waals surface area contributed by atoms with Crippen molar-refractivity contribution in [2.45, 2.75) is 18.6 Å². The third-order valence-electron chi connectivity index (χ3n) is 4.47. The maximum atomic E-state index is 12.8. The SMILES string of the molecule is CSCC[C@@H](NC(=O)C1COc2ccccc2O1)c1nc2ccccc2[nH]1. The standard InChI is InChI=1S/C20H21N3O3S/c1-27-11-10-15(19-21-13-6-2-3-7-14(13)22-19)23-20(24)18-12-25-16-8-4-5-9-17(16)26-18/h2-9,15,18H,10-12H2,1H3,(H,21,22)(H,23,24)/t15-,18?/m1/s1. The molecule has 27 heavy (non-hydrogen) atoms. The number of thioether (sulfide) groups is 1. The smallest absolute Gasteiger partial charge is 0.265 e. The number of ether oxygens (including phenoxy) is 2. The van der Waals surface area contributed by atoms with Gasteiger partial charge < -0.3 is 19.8 Å². The summed E-state index contributed by atoms with van der Waals surface area (Å²) < 4.78 is 11.5. The summed E-state index contributed by atoms with van der Waals surface area (Å²) >= 11 is 1.74. The Hall–Kier alpha value is -2.67. The Kier molecular flexibility index (Phi) is 5.20. The topological polar surface area (TPSA) is 76.2 Å². The summed E-state index contributed by atoms with van der Waals surface area (Å²) in [4.78, 5) is 20.8. The first kappa shape index (κ1) is 17.7. The summed E-state index contributed by atoms with van der Waals surface area (Å²) in [6, 6.07) is 15.0. The molecular formula is C20H21N3O3S. The van der Waals surface area contributed by atoms with Crippen molar-refractivity contribution in [3.63, 3.8) is 0 Å². The fraction of sp³-hybridized carbons (Fsp3) is 0.300. The molecule has 7 heteroatoms. The van der Waals surface area contributed by atoms with Gasteiger partial charge >= 0.3 is 0 Å². The Bertz CT molecular complexity index is 910. The molecule has 0 bridgehead atoms. The van der Waals surface area contributed by atoms with Gasteiger partial charge in [0.15, 0.2) is 11.5 Å². The molecule has 2 heterocycles. The molecule has 140 valence electrons. The van der Waals surface area contributed by atoms with Crippen LogP contribution in [0.3, 0.4) is 0 Å². The summed E-state index contributed by atoms with van der Waals surface area (Å²) in [5.41, 5.74) is 1.85. The van der Waals surface area contributed by atoms with Crippen LogP contribution < -0.4 is 14.8 Å². The molecule has 1 unspecified atom stereocenters. The third kappa shape index (κ3) is 3.88. The van der Waals surface area contributed by atoms with Gasteiger partial charge in [-0.05, 0) is 42.7 Å². The number of hydrogen-bond donors (Lipinski definition) is 2. The molecule has 0 saturated heterocycles. The number of nitrogens with one attached hydrogen (secondary N) is 2. The van der Waals surface area contributed by atoms with Gasteiger partial charge in [-0.15, -0.1) is 0 Å². The number of aromatic nitrogens is 2. The van der Waals surface area contributed by atoms with Gasteiger partial charge in [0.05, 0.1) is 17.1 Å². The van der Waals surface area contributed by atoms with Crippen LogP contribution in [-0.4, -0.2) is 40.6 Å². The van der Waals surface area contributed by atoms with Crippen LogP contribution in [0.5, 0.6) is 11.5 Å². The number of hydrogen-bond acceptors (Lipinski definition) is 5. The highest BCUT2D eigenvalue weighted by Crippen LogP contribution is 2.31. The van der Waals surface area contributed by atoms with Gasteiger partial charge in [0.2, 0.25) is 6.10 Å². The number of imidazole rings is 1. The molecule has 0 saturated carbocycles. The molecule has 0 spiro atoms. The molecule has 3 aromatic rings. The van der Waals surface area contributed by atoms with E-state index in [2.05, 4.69) is 15.3 Å². The molecular weight excluding hydrogens is 362 g/mol. The van der Waals surface area contributed by atoms with E-state index in [0.717, 1.165) is 29.0 Å². The van der Waals surface area contributed by atoms with Crippen molar-refractivity contribution >= 4 is 28.7 Å². The van der Waals surface area contributed by atoms with E-state index in [1.165, 1.54) is 0 Å². The number of amides is 1. The molecule has 2 N–H and O–H groups in total. The van der Waals surface area contributed by atoms with Crippen LogP contribution in [0.1, 0.15) is 18.3 Å². The first-order valence-electron chi connectivity index (χ1n) is 8.87. The highest BCUT2D eigenvalue weighted by atomic mass is 32.2. The number of para-hydroxylation sites is 4. The lowest BCUT2D eigenvalue weighted by Gasteiger charge is -2.27. The highest BCUT2D eigenvalue weighted by molar-refractivity contribution is 7.98. The summed E-state index contributed by atoms with van der Waals surface area (Å²) in [5.74, 6) is 2.73. The van der Waals surface area contributed by atoms with Crippen LogP contribution in [0.2, 0.25) is 0 Å². The van der Waals surface area contributed by atoms with Crippen LogP contribution in [0.15, 0.2) is 48.5 Å². The van der Waals surface area contributed by atoms with Crippen LogP contribution in [0.25, 0.3) is 11.0 Å². The molecule has 4 rings (SSSR count). The highest BCUT2D eigenvalue weighted by Gasteiger charge is 2.29. The zero-order valence-corrected chi connectivity index (χ0v) is 15.8. The quantitative estimate of drug-likeness (QED) is 0.683. The van der Waals surface area contributed by atoms with E-state index in [1.54, 1.807) is 17.8 Å². The van der Waals surface area contributed by atoms with Crippen molar-refractivity contribution in [3.8, 4) is 11.5 Å². The average Bonchev–Trinajstić information content (AvgIpc) is 3.14. The van der Waals surface area contributed by atoms with Crippen molar-refractivity contribution in [1.82, 2.24) is 15.3 Å². The minimum Gasteiger partial charge on any atom is -0.485 e. The molecule has 6 nitrogen and oxygen atoms in total. The minimum atomic E-state index is -0.680. The summed E-state index contributed by atoms with van der Waals surface area (Å²) in [7, 11) is 0. The van der Waals surface area contributed by atoms with Crippen LogP contribution in [0, 0.1) is 0 Å². The normalized spacial score (nSPS) is 16.9. The largest absolute Gasteiger partial charge is 0.485 e. The molecule has 2 atom stereocenters. The van der Waals surface area contributed by atoms with E-state index >= 15 is 0 Å². The third-order valence-corrected chi connectivity index (χ3v) is 5.11. The van der Waals surface area contributed by atoms with Crippen LogP contribution >= 0.6 is 11.8 Å². The van der Waals surface area contributed by atoms with E-state index in [0.29, 0.717) is 11.5 Å². The van der Waals surface area contributed by atoms with E-state index in [4.69, 9.17) is 9.47 Å². The van der Waals surface area contributed by atoms with E-state index < -0.39 is 6.10 Å². The van der Waals surface area contributed by atoms with Gasteiger partial charge in [-0.1, -0.05) is 24.3 Å². The Labute approximate surface area is 161 Å². The predicted octanol–water partition coefficient (Wildman–Crippen LogP) is 3.31. The Morgan fingerprint density at radius 1 is 1.26 bits per heavy atom. The lowest BCUT2D eigenvalue weighted by atomic mass is 10.2. The van der Waals surface area contributed by atoms with Gasteiger partial charge in [0, 0.05) is 0 Å². The number of nitrogens with zero attached hydrogens (tertiary/aromatic N) is 1. The van der Waals surface area contributed by atoms with Crippen LogP contribution in [0.4, 0.5) is 0 Å². The molecule has 2 aromatic carbocycles. The number of rotatable bonds is 6. The molecule has 0 fully saturated rings. The zero-order chi connectivity index (χ0) is 18.6. The summed E-state index contributed by atoms with van der Waals surface area (Å²) in [5, 5.41) is 3.08. The van der Waals surface area contributed by atoms with Gasteiger partial charge in [0.25, 0.3) is 5.91 Å². The van der Waals surface area contributed by atoms with E-state index in [9.17, 15) is 4.79 Å². The summed E-state index contributed by atoms with van der Waals surface area (Å²) in [6.45, 7) is 0.193. The number of aromatic amines is 1. The lowest BCUT2D eigenvalue weighted by molar-refractivity contribution is -0.131. The van der Waals surface area contributed by atoms with Gasteiger partial charge in [-0.2, -0.15) is 11.8 Å². The monoisotopic (exact) mass is 383 g/mol. The number of carbonyl (C=O) groups is 1. The molecule has 1 aliphatic heterocycles. The number of carbonyl (C=O) groups excluding carboxylic acids is 1. The van der Waals surface area contributed by atoms with Crippen molar-refractivity contribution in [1.29, 1.82) is 0 Å².